The van der Waals surface area contributed by atoms with Gasteiger partial charge < -0.3 is 14.4 Å². The lowest BCUT2D eigenvalue weighted by molar-refractivity contribution is 0.105. The van der Waals surface area contributed by atoms with Crippen molar-refractivity contribution in [2.75, 3.05) is 33.9 Å². The number of benzene rings is 3. The zero-order valence-corrected chi connectivity index (χ0v) is 19.6. The van der Waals surface area contributed by atoms with Crippen LogP contribution in [0.1, 0.15) is 40.4 Å². The Hall–Kier alpha value is -3.37. The van der Waals surface area contributed by atoms with E-state index in [0.717, 1.165) is 53.2 Å². The lowest BCUT2D eigenvalue weighted by Gasteiger charge is -2.23. The molecule has 0 bridgehead atoms. The summed E-state index contributed by atoms with van der Waals surface area (Å²) in [5.74, 6) is 1.67. The minimum Gasteiger partial charge on any atom is -0.494 e. The topological polar surface area (TPSA) is 38.8 Å². The lowest BCUT2D eigenvalue weighted by Crippen LogP contribution is -2.19. The maximum Gasteiger partial charge on any atom is 0.193 e. The highest BCUT2D eigenvalue weighted by atomic mass is 16.5. The molecule has 0 amide bonds. The van der Waals surface area contributed by atoms with E-state index in [1.54, 1.807) is 0 Å². The van der Waals surface area contributed by atoms with Crippen LogP contribution in [0, 0.1) is 0 Å². The number of ketones is 1. The Balaban J connectivity index is 1.68. The zero-order valence-electron chi connectivity index (χ0n) is 19.6. The summed E-state index contributed by atoms with van der Waals surface area (Å²) < 4.78 is 11.4. The summed E-state index contributed by atoms with van der Waals surface area (Å²) in [7, 11) is 4.03. The molecule has 4 nitrogen and oxygen atoms in total. The molecule has 1 aliphatic rings. The van der Waals surface area contributed by atoms with E-state index in [1.807, 2.05) is 69.6 Å². The molecular formula is C29H31NO3. The monoisotopic (exact) mass is 441 g/mol. The van der Waals surface area contributed by atoms with Crippen LogP contribution in [-0.4, -0.2) is 44.5 Å². The standard InChI is InChI=1S/C29H31NO3/c1-4-32-24-14-9-22(10-15-24)27-18-13-21-7-5-6-8-26(21)28(27)29(31)23-11-16-25(17-12-23)33-20-19-30(2)3/h5-12,14-17H,4,13,18-20H2,1-3H3. The van der Waals surface area contributed by atoms with Crippen LogP contribution in [0.4, 0.5) is 0 Å². The highest BCUT2D eigenvalue weighted by Gasteiger charge is 2.26. The molecule has 1 aliphatic carbocycles. The summed E-state index contributed by atoms with van der Waals surface area (Å²) in [5, 5.41) is 0. The smallest absolute Gasteiger partial charge is 0.193 e. The zero-order chi connectivity index (χ0) is 23.2. The van der Waals surface area contributed by atoms with Gasteiger partial charge in [0.2, 0.25) is 0 Å². The van der Waals surface area contributed by atoms with E-state index in [-0.39, 0.29) is 5.78 Å². The second-order valence-corrected chi connectivity index (χ2v) is 8.47. The minimum absolute atomic E-state index is 0.0471. The van der Waals surface area contributed by atoms with Crippen molar-refractivity contribution in [3.8, 4) is 11.5 Å². The Morgan fingerprint density at radius 3 is 2.21 bits per heavy atom. The molecule has 0 fully saturated rings. The third-order valence-corrected chi connectivity index (χ3v) is 5.90. The molecule has 170 valence electrons. The predicted octanol–water partition coefficient (Wildman–Crippen LogP) is 5.77. The number of allylic oxidation sites excluding steroid dienone is 2. The number of hydrogen-bond donors (Lipinski definition) is 0. The first kappa shape index (κ1) is 22.8. The lowest BCUT2D eigenvalue weighted by atomic mass is 9.79. The molecule has 0 spiro atoms. The molecule has 3 aromatic carbocycles. The van der Waals surface area contributed by atoms with Gasteiger partial charge in [0, 0.05) is 17.7 Å². The van der Waals surface area contributed by atoms with Crippen LogP contribution in [0.2, 0.25) is 0 Å². The average molecular weight is 442 g/mol. The highest BCUT2D eigenvalue weighted by molar-refractivity contribution is 6.35. The second kappa shape index (κ2) is 10.5. The molecule has 3 aromatic rings. The summed E-state index contributed by atoms with van der Waals surface area (Å²) in [6.45, 7) is 4.06. The summed E-state index contributed by atoms with van der Waals surface area (Å²) >= 11 is 0. The van der Waals surface area contributed by atoms with Crippen LogP contribution in [0.15, 0.2) is 72.8 Å². The third-order valence-electron chi connectivity index (χ3n) is 5.90. The Kier molecular flexibility index (Phi) is 7.26. The molecule has 4 rings (SSSR count). The van der Waals surface area contributed by atoms with Crippen LogP contribution < -0.4 is 9.47 Å². The van der Waals surface area contributed by atoms with Crippen LogP contribution in [-0.2, 0) is 6.42 Å². The van der Waals surface area contributed by atoms with Gasteiger partial charge in [-0.05, 0) is 92.5 Å². The quantitative estimate of drug-likeness (QED) is 0.396. The molecular weight excluding hydrogens is 410 g/mol. The van der Waals surface area contributed by atoms with Gasteiger partial charge >= 0.3 is 0 Å². The number of hydrogen-bond acceptors (Lipinski definition) is 4. The van der Waals surface area contributed by atoms with Crippen molar-refractivity contribution in [2.45, 2.75) is 19.8 Å². The number of likely N-dealkylation sites (N-methyl/N-ethyl adjacent to an activating group) is 1. The molecule has 0 N–H and O–H groups in total. The Bertz CT molecular complexity index is 1130. The molecule has 0 saturated carbocycles. The van der Waals surface area contributed by atoms with Crippen LogP contribution in [0.3, 0.4) is 0 Å². The van der Waals surface area contributed by atoms with Gasteiger partial charge in [-0.25, -0.2) is 0 Å². The number of nitrogens with zero attached hydrogens (tertiary/aromatic N) is 1. The number of fused-ring (bicyclic) bond motifs is 1. The number of Topliss-reactive ketones (excluding diaryl/α,β-unsaturated/α-hetero) is 1. The van der Waals surface area contributed by atoms with E-state index < -0.39 is 0 Å². The summed E-state index contributed by atoms with van der Waals surface area (Å²) in [5.41, 5.74) is 5.88. The first-order chi connectivity index (χ1) is 16.1. The fourth-order valence-electron chi connectivity index (χ4n) is 4.19. The molecule has 0 unspecified atom stereocenters. The molecule has 0 aliphatic heterocycles. The van der Waals surface area contributed by atoms with Crippen molar-refractivity contribution in [2.24, 2.45) is 0 Å². The Labute approximate surface area is 196 Å². The molecule has 0 saturated heterocycles. The van der Waals surface area contributed by atoms with E-state index in [4.69, 9.17) is 9.47 Å². The SMILES string of the molecule is CCOc1ccc(C2=C(C(=O)c3ccc(OCCN(C)C)cc3)c3ccccc3CC2)cc1. The number of aryl methyl sites for hydroxylation is 1. The molecule has 0 atom stereocenters. The Morgan fingerprint density at radius 1 is 0.848 bits per heavy atom. The van der Waals surface area contributed by atoms with Crippen LogP contribution in [0.5, 0.6) is 11.5 Å². The van der Waals surface area contributed by atoms with Crippen molar-refractivity contribution < 1.29 is 14.3 Å². The van der Waals surface area contributed by atoms with E-state index >= 15 is 0 Å². The average Bonchev–Trinajstić information content (AvgIpc) is 2.84. The number of carbonyl (C=O) groups is 1. The largest absolute Gasteiger partial charge is 0.494 e. The van der Waals surface area contributed by atoms with Crippen molar-refractivity contribution >= 4 is 16.9 Å². The van der Waals surface area contributed by atoms with Crippen molar-refractivity contribution in [1.82, 2.24) is 4.90 Å². The van der Waals surface area contributed by atoms with Gasteiger partial charge in [0.15, 0.2) is 5.78 Å². The predicted molar refractivity (Wildman–Crippen MR) is 134 cm³/mol. The minimum atomic E-state index is 0.0471. The summed E-state index contributed by atoms with van der Waals surface area (Å²) in [6, 6.07) is 23.8. The fourth-order valence-corrected chi connectivity index (χ4v) is 4.19. The van der Waals surface area contributed by atoms with Crippen LogP contribution in [0.25, 0.3) is 11.1 Å². The number of carbonyl (C=O) groups excluding carboxylic acids is 1. The summed E-state index contributed by atoms with van der Waals surface area (Å²) in [4.78, 5) is 15.9. The van der Waals surface area contributed by atoms with Gasteiger partial charge in [0.05, 0.1) is 6.61 Å². The van der Waals surface area contributed by atoms with Gasteiger partial charge in [0.1, 0.15) is 18.1 Å². The number of ether oxygens (including phenoxy) is 2. The Morgan fingerprint density at radius 2 is 1.52 bits per heavy atom. The van der Waals surface area contributed by atoms with Crippen molar-refractivity contribution in [3.05, 3.63) is 95.1 Å². The fraction of sp³-hybridized carbons (Fsp3) is 0.276. The molecule has 0 radical (unpaired) electrons. The van der Waals surface area contributed by atoms with Crippen molar-refractivity contribution in [1.29, 1.82) is 0 Å². The maximum atomic E-state index is 13.8. The first-order valence-corrected chi connectivity index (χ1v) is 11.5. The van der Waals surface area contributed by atoms with Gasteiger partial charge in [-0.3, -0.25) is 4.79 Å². The maximum absolute atomic E-state index is 13.8. The second-order valence-electron chi connectivity index (χ2n) is 8.47. The van der Waals surface area contributed by atoms with Gasteiger partial charge in [-0.2, -0.15) is 0 Å². The summed E-state index contributed by atoms with van der Waals surface area (Å²) in [6.07, 6.45) is 1.76. The molecule has 0 aromatic heterocycles. The normalized spacial score (nSPS) is 13.1. The van der Waals surface area contributed by atoms with E-state index in [2.05, 4.69) is 29.2 Å². The van der Waals surface area contributed by atoms with Gasteiger partial charge in [-0.1, -0.05) is 36.4 Å². The molecule has 0 heterocycles. The molecule has 4 heteroatoms. The van der Waals surface area contributed by atoms with Crippen molar-refractivity contribution in [3.63, 3.8) is 0 Å². The van der Waals surface area contributed by atoms with E-state index in [0.29, 0.717) is 18.8 Å². The highest BCUT2D eigenvalue weighted by Crippen LogP contribution is 2.39. The van der Waals surface area contributed by atoms with E-state index in [9.17, 15) is 4.79 Å². The van der Waals surface area contributed by atoms with Gasteiger partial charge in [-0.15, -0.1) is 0 Å². The first-order valence-electron chi connectivity index (χ1n) is 11.5. The van der Waals surface area contributed by atoms with Gasteiger partial charge in [0.25, 0.3) is 0 Å². The van der Waals surface area contributed by atoms with Crippen LogP contribution >= 0.6 is 0 Å². The molecule has 33 heavy (non-hydrogen) atoms. The number of rotatable bonds is 9. The van der Waals surface area contributed by atoms with E-state index in [1.165, 1.54) is 5.56 Å². The third kappa shape index (κ3) is 5.35.